The molecule has 1 heterocycles. The van der Waals surface area contributed by atoms with E-state index >= 15 is 0 Å². The van der Waals surface area contributed by atoms with Gasteiger partial charge in [0.25, 0.3) is 0 Å². The molecule has 0 saturated heterocycles. The minimum absolute atomic E-state index is 0.145. The van der Waals surface area contributed by atoms with Gasteiger partial charge in [-0.05, 0) is 49.4 Å². The van der Waals surface area contributed by atoms with Crippen LogP contribution in [0.5, 0.6) is 5.75 Å². The number of thioether (sulfide) groups is 1. The fourth-order valence-corrected chi connectivity index (χ4v) is 3.66. The lowest BCUT2D eigenvalue weighted by atomic mass is 10.3. The van der Waals surface area contributed by atoms with E-state index in [4.69, 9.17) is 4.74 Å². The van der Waals surface area contributed by atoms with E-state index in [0.29, 0.717) is 11.7 Å². The van der Waals surface area contributed by atoms with Crippen molar-refractivity contribution in [3.63, 3.8) is 0 Å². The second kappa shape index (κ2) is 7.63. The predicted octanol–water partition coefficient (Wildman–Crippen LogP) is 4.56. The lowest BCUT2D eigenvalue weighted by Gasteiger charge is -2.02. The van der Waals surface area contributed by atoms with E-state index in [2.05, 4.69) is 10.3 Å². The number of benzene rings is 2. The van der Waals surface area contributed by atoms with E-state index in [9.17, 15) is 9.18 Å². The normalized spacial score (nSPS) is 10.8. The van der Waals surface area contributed by atoms with Crippen molar-refractivity contribution in [2.24, 2.45) is 0 Å². The van der Waals surface area contributed by atoms with Crippen LogP contribution in [0.3, 0.4) is 0 Å². The van der Waals surface area contributed by atoms with Gasteiger partial charge in [0.2, 0.25) is 5.91 Å². The Kier molecular flexibility index (Phi) is 5.32. The van der Waals surface area contributed by atoms with E-state index in [1.165, 1.54) is 35.2 Å². The van der Waals surface area contributed by atoms with Crippen LogP contribution in [0.25, 0.3) is 10.2 Å². The van der Waals surface area contributed by atoms with Crippen LogP contribution >= 0.6 is 23.1 Å². The molecule has 7 heteroatoms. The summed E-state index contributed by atoms with van der Waals surface area (Å²) < 4.78 is 19.3. The van der Waals surface area contributed by atoms with Crippen LogP contribution in [0.4, 0.5) is 9.52 Å². The largest absolute Gasteiger partial charge is 0.494 e. The summed E-state index contributed by atoms with van der Waals surface area (Å²) >= 11 is 2.76. The third kappa shape index (κ3) is 4.24. The van der Waals surface area contributed by atoms with Crippen LogP contribution in [0.15, 0.2) is 47.4 Å². The Bertz CT molecular complexity index is 849. The van der Waals surface area contributed by atoms with Crippen LogP contribution in [-0.4, -0.2) is 23.3 Å². The first-order valence-corrected chi connectivity index (χ1v) is 9.16. The molecule has 1 amide bonds. The minimum Gasteiger partial charge on any atom is -0.494 e. The standard InChI is InChI=1S/C17H15FN2O2S2/c1-2-22-12-5-8-14-15(9-12)24-17(19-14)20-16(21)10-23-13-6-3-11(18)4-7-13/h3-9H,2,10H2,1H3,(H,19,20,21). The molecule has 124 valence electrons. The highest BCUT2D eigenvalue weighted by molar-refractivity contribution is 8.00. The van der Waals surface area contributed by atoms with Crippen molar-refractivity contribution in [3.05, 3.63) is 48.3 Å². The molecule has 0 aliphatic heterocycles. The zero-order valence-electron chi connectivity index (χ0n) is 12.9. The number of halogens is 1. The highest BCUT2D eigenvalue weighted by Crippen LogP contribution is 2.29. The number of aromatic nitrogens is 1. The first kappa shape index (κ1) is 16.7. The molecule has 1 aromatic heterocycles. The first-order chi connectivity index (χ1) is 11.6. The maximum atomic E-state index is 12.8. The molecule has 0 atom stereocenters. The molecule has 0 aliphatic rings. The highest BCUT2D eigenvalue weighted by atomic mass is 32.2. The zero-order chi connectivity index (χ0) is 16.9. The molecule has 3 rings (SSSR count). The number of amides is 1. The quantitative estimate of drug-likeness (QED) is 0.653. The SMILES string of the molecule is CCOc1ccc2nc(NC(=O)CSc3ccc(F)cc3)sc2c1. The Labute approximate surface area is 147 Å². The van der Waals surface area contributed by atoms with Crippen molar-refractivity contribution >= 4 is 44.4 Å². The van der Waals surface area contributed by atoms with Gasteiger partial charge in [-0.2, -0.15) is 0 Å². The molecule has 0 radical (unpaired) electrons. The van der Waals surface area contributed by atoms with Crippen molar-refractivity contribution in [3.8, 4) is 5.75 Å². The van der Waals surface area contributed by atoms with Gasteiger partial charge in [0.1, 0.15) is 11.6 Å². The monoisotopic (exact) mass is 362 g/mol. The van der Waals surface area contributed by atoms with Crippen LogP contribution in [-0.2, 0) is 4.79 Å². The molecule has 4 nitrogen and oxygen atoms in total. The third-order valence-corrected chi connectivity index (χ3v) is 5.05. The van der Waals surface area contributed by atoms with Crippen molar-refractivity contribution < 1.29 is 13.9 Å². The number of fused-ring (bicyclic) bond motifs is 1. The lowest BCUT2D eigenvalue weighted by molar-refractivity contribution is -0.113. The highest BCUT2D eigenvalue weighted by Gasteiger charge is 2.09. The number of nitrogens with zero attached hydrogens (tertiary/aromatic N) is 1. The molecule has 2 aromatic carbocycles. The minimum atomic E-state index is -0.287. The molecule has 24 heavy (non-hydrogen) atoms. The van der Waals surface area contributed by atoms with Gasteiger partial charge in [-0.15, -0.1) is 11.8 Å². The van der Waals surface area contributed by atoms with Gasteiger partial charge in [0.05, 0.1) is 22.6 Å². The van der Waals surface area contributed by atoms with Crippen molar-refractivity contribution in [2.45, 2.75) is 11.8 Å². The number of hydrogen-bond acceptors (Lipinski definition) is 5. The third-order valence-electron chi connectivity index (χ3n) is 3.10. The maximum absolute atomic E-state index is 12.8. The van der Waals surface area contributed by atoms with Crippen LogP contribution in [0, 0.1) is 5.82 Å². The van der Waals surface area contributed by atoms with Crippen molar-refractivity contribution in [2.75, 3.05) is 17.7 Å². The summed E-state index contributed by atoms with van der Waals surface area (Å²) in [6.07, 6.45) is 0. The van der Waals surface area contributed by atoms with Gasteiger partial charge >= 0.3 is 0 Å². The Morgan fingerprint density at radius 1 is 1.29 bits per heavy atom. The molecular formula is C17H15FN2O2S2. The number of carbonyl (C=O) groups excluding carboxylic acids is 1. The number of thiazole rings is 1. The second-order valence-corrected chi connectivity index (χ2v) is 6.95. The molecule has 0 bridgehead atoms. The van der Waals surface area contributed by atoms with E-state index in [-0.39, 0.29) is 17.5 Å². The summed E-state index contributed by atoms with van der Waals surface area (Å²) in [6.45, 7) is 2.54. The van der Waals surface area contributed by atoms with Crippen LogP contribution in [0.2, 0.25) is 0 Å². The predicted molar refractivity (Wildman–Crippen MR) is 96.5 cm³/mol. The molecule has 0 saturated carbocycles. The topological polar surface area (TPSA) is 51.2 Å². The fraction of sp³-hybridized carbons (Fsp3) is 0.176. The van der Waals surface area contributed by atoms with Gasteiger partial charge < -0.3 is 10.1 Å². The molecule has 0 aliphatic carbocycles. The van der Waals surface area contributed by atoms with E-state index in [0.717, 1.165) is 20.9 Å². The molecule has 1 N–H and O–H groups in total. The Morgan fingerprint density at radius 2 is 2.08 bits per heavy atom. The van der Waals surface area contributed by atoms with E-state index < -0.39 is 0 Å². The van der Waals surface area contributed by atoms with Crippen LogP contribution in [0.1, 0.15) is 6.92 Å². The Hall–Kier alpha value is -2.12. The summed E-state index contributed by atoms with van der Waals surface area (Å²) in [5.74, 6) is 0.600. The summed E-state index contributed by atoms with van der Waals surface area (Å²) in [6, 6.07) is 11.7. The number of hydrogen-bond donors (Lipinski definition) is 1. The Balaban J connectivity index is 1.61. The summed E-state index contributed by atoms with van der Waals surface area (Å²) in [7, 11) is 0. The number of carbonyl (C=O) groups is 1. The number of ether oxygens (including phenoxy) is 1. The van der Waals surface area contributed by atoms with E-state index in [1.54, 1.807) is 12.1 Å². The average molecular weight is 362 g/mol. The molecule has 0 spiro atoms. The second-order valence-electron chi connectivity index (χ2n) is 4.87. The molecule has 0 unspecified atom stereocenters. The molecular weight excluding hydrogens is 347 g/mol. The van der Waals surface area contributed by atoms with E-state index in [1.807, 2.05) is 25.1 Å². The smallest absolute Gasteiger partial charge is 0.236 e. The fourth-order valence-electron chi connectivity index (χ4n) is 2.05. The Morgan fingerprint density at radius 3 is 2.83 bits per heavy atom. The first-order valence-electron chi connectivity index (χ1n) is 7.35. The van der Waals surface area contributed by atoms with Gasteiger partial charge in [-0.25, -0.2) is 9.37 Å². The summed E-state index contributed by atoms with van der Waals surface area (Å²) in [4.78, 5) is 17.3. The van der Waals surface area contributed by atoms with Crippen molar-refractivity contribution in [1.29, 1.82) is 0 Å². The molecule has 3 aromatic rings. The van der Waals surface area contributed by atoms with Crippen molar-refractivity contribution in [1.82, 2.24) is 4.98 Å². The molecule has 0 fully saturated rings. The average Bonchev–Trinajstić information content (AvgIpc) is 2.96. The maximum Gasteiger partial charge on any atom is 0.236 e. The van der Waals surface area contributed by atoms with Crippen LogP contribution < -0.4 is 10.1 Å². The van der Waals surface area contributed by atoms with Gasteiger partial charge in [-0.1, -0.05) is 11.3 Å². The van der Waals surface area contributed by atoms with Gasteiger partial charge in [-0.3, -0.25) is 4.79 Å². The summed E-state index contributed by atoms with van der Waals surface area (Å²) in [5, 5.41) is 3.36. The number of nitrogens with one attached hydrogen (secondary N) is 1. The van der Waals surface area contributed by atoms with Gasteiger partial charge in [0.15, 0.2) is 5.13 Å². The summed E-state index contributed by atoms with van der Waals surface area (Å²) in [5.41, 5.74) is 0.824. The van der Waals surface area contributed by atoms with Gasteiger partial charge in [0, 0.05) is 4.90 Å². The number of rotatable bonds is 6. The zero-order valence-corrected chi connectivity index (χ0v) is 14.5. The number of anilines is 1. The lowest BCUT2D eigenvalue weighted by Crippen LogP contribution is -2.13.